The third-order valence-corrected chi connectivity index (χ3v) is 3.19. The van der Waals surface area contributed by atoms with E-state index in [2.05, 4.69) is 29.4 Å². The zero-order valence-electron chi connectivity index (χ0n) is 12.6. The molecule has 0 atom stereocenters. The second kappa shape index (κ2) is 9.47. The predicted octanol–water partition coefficient (Wildman–Crippen LogP) is 1.43. The van der Waals surface area contributed by atoms with Crippen LogP contribution in [0.4, 0.5) is 0 Å². The van der Waals surface area contributed by atoms with Gasteiger partial charge in [0.05, 0.1) is 0 Å². The third-order valence-electron chi connectivity index (χ3n) is 3.19. The van der Waals surface area contributed by atoms with E-state index in [0.29, 0.717) is 18.9 Å². The summed E-state index contributed by atoms with van der Waals surface area (Å²) in [6, 6.07) is 0. The quantitative estimate of drug-likeness (QED) is 0.635. The van der Waals surface area contributed by atoms with Crippen molar-refractivity contribution in [1.29, 1.82) is 0 Å². The fourth-order valence-corrected chi connectivity index (χ4v) is 2.07. The summed E-state index contributed by atoms with van der Waals surface area (Å²) in [5, 5.41) is 10.9. The average Bonchev–Trinajstić information content (AvgIpc) is 2.87. The molecule has 0 radical (unpaired) electrons. The van der Waals surface area contributed by atoms with Crippen LogP contribution in [0.15, 0.2) is 6.33 Å². The van der Waals surface area contributed by atoms with Gasteiger partial charge in [-0.05, 0) is 19.4 Å². The SMILES string of the molecule is CC(C)c1nncn1CCNC(=O)CCCCCCN. The summed E-state index contributed by atoms with van der Waals surface area (Å²) >= 11 is 0. The number of amides is 1. The van der Waals surface area contributed by atoms with Gasteiger partial charge in [-0.15, -0.1) is 10.2 Å². The van der Waals surface area contributed by atoms with Gasteiger partial charge in [-0.25, -0.2) is 0 Å². The number of carbonyl (C=O) groups excluding carboxylic acids is 1. The number of aromatic nitrogens is 3. The van der Waals surface area contributed by atoms with E-state index in [4.69, 9.17) is 5.73 Å². The number of unbranched alkanes of at least 4 members (excludes halogenated alkanes) is 3. The second-order valence-corrected chi connectivity index (χ2v) is 5.34. The van der Waals surface area contributed by atoms with Crippen LogP contribution in [0.2, 0.25) is 0 Å². The van der Waals surface area contributed by atoms with Gasteiger partial charge in [-0.2, -0.15) is 0 Å². The van der Waals surface area contributed by atoms with Gasteiger partial charge in [0.1, 0.15) is 12.2 Å². The molecule has 0 saturated heterocycles. The molecular weight excluding hydrogens is 254 g/mol. The molecule has 1 aromatic heterocycles. The van der Waals surface area contributed by atoms with E-state index >= 15 is 0 Å². The highest BCUT2D eigenvalue weighted by Crippen LogP contribution is 2.09. The molecule has 3 N–H and O–H groups in total. The van der Waals surface area contributed by atoms with Crippen molar-refractivity contribution in [1.82, 2.24) is 20.1 Å². The standard InChI is InChI=1S/C14H27N5O/c1-12(2)14-18-17-11-19(14)10-9-16-13(20)7-5-3-4-6-8-15/h11-12H,3-10,15H2,1-2H3,(H,16,20). The summed E-state index contributed by atoms with van der Waals surface area (Å²) in [5.41, 5.74) is 5.42. The van der Waals surface area contributed by atoms with Crippen molar-refractivity contribution in [3.63, 3.8) is 0 Å². The molecule has 0 aliphatic heterocycles. The lowest BCUT2D eigenvalue weighted by Gasteiger charge is -2.09. The van der Waals surface area contributed by atoms with Gasteiger partial charge in [0.25, 0.3) is 0 Å². The average molecular weight is 281 g/mol. The smallest absolute Gasteiger partial charge is 0.220 e. The van der Waals surface area contributed by atoms with Crippen molar-refractivity contribution in [2.75, 3.05) is 13.1 Å². The Hall–Kier alpha value is -1.43. The van der Waals surface area contributed by atoms with Crippen molar-refractivity contribution in [3.8, 4) is 0 Å². The number of nitrogens with zero attached hydrogens (tertiary/aromatic N) is 3. The highest BCUT2D eigenvalue weighted by Gasteiger charge is 2.08. The topological polar surface area (TPSA) is 85.8 Å². The monoisotopic (exact) mass is 281 g/mol. The van der Waals surface area contributed by atoms with E-state index < -0.39 is 0 Å². The minimum absolute atomic E-state index is 0.122. The van der Waals surface area contributed by atoms with Crippen molar-refractivity contribution in [2.45, 2.75) is 58.4 Å². The number of hydrogen-bond acceptors (Lipinski definition) is 4. The van der Waals surface area contributed by atoms with Crippen molar-refractivity contribution < 1.29 is 4.79 Å². The number of nitrogens with one attached hydrogen (secondary N) is 1. The molecule has 0 bridgehead atoms. The molecule has 1 aromatic rings. The summed E-state index contributed by atoms with van der Waals surface area (Å²) in [4.78, 5) is 11.6. The minimum Gasteiger partial charge on any atom is -0.354 e. The van der Waals surface area contributed by atoms with Crippen molar-refractivity contribution in [3.05, 3.63) is 12.2 Å². The molecule has 0 aliphatic rings. The third kappa shape index (κ3) is 6.14. The van der Waals surface area contributed by atoms with E-state index in [1.165, 1.54) is 0 Å². The van der Waals surface area contributed by atoms with E-state index in [9.17, 15) is 4.79 Å². The molecule has 0 aliphatic carbocycles. The Morgan fingerprint density at radius 1 is 1.35 bits per heavy atom. The summed E-state index contributed by atoms with van der Waals surface area (Å²) in [6.45, 7) is 6.25. The van der Waals surface area contributed by atoms with Gasteiger partial charge >= 0.3 is 0 Å². The van der Waals surface area contributed by atoms with Gasteiger partial charge in [-0.1, -0.05) is 26.7 Å². The largest absolute Gasteiger partial charge is 0.354 e. The van der Waals surface area contributed by atoms with E-state index in [1.54, 1.807) is 6.33 Å². The highest BCUT2D eigenvalue weighted by atomic mass is 16.1. The van der Waals surface area contributed by atoms with Crippen molar-refractivity contribution in [2.24, 2.45) is 5.73 Å². The molecule has 6 heteroatoms. The maximum absolute atomic E-state index is 11.6. The Bertz CT molecular complexity index is 389. The maximum atomic E-state index is 11.6. The van der Waals surface area contributed by atoms with Crippen LogP contribution in [0.1, 0.15) is 57.7 Å². The van der Waals surface area contributed by atoms with Gasteiger partial charge in [0.15, 0.2) is 0 Å². The first-order valence-electron chi connectivity index (χ1n) is 7.49. The molecule has 114 valence electrons. The maximum Gasteiger partial charge on any atom is 0.220 e. The number of rotatable bonds is 10. The molecule has 0 spiro atoms. The molecule has 1 heterocycles. The zero-order valence-corrected chi connectivity index (χ0v) is 12.6. The van der Waals surface area contributed by atoms with Gasteiger partial charge < -0.3 is 15.6 Å². The van der Waals surface area contributed by atoms with Crippen LogP contribution in [0, 0.1) is 0 Å². The number of hydrogen-bond donors (Lipinski definition) is 2. The number of nitrogens with two attached hydrogens (primary N) is 1. The summed E-state index contributed by atoms with van der Waals surface area (Å²) in [5.74, 6) is 1.42. The molecule has 6 nitrogen and oxygen atoms in total. The van der Waals surface area contributed by atoms with Crippen LogP contribution < -0.4 is 11.1 Å². The van der Waals surface area contributed by atoms with Gasteiger partial charge in [-0.3, -0.25) is 4.79 Å². The highest BCUT2D eigenvalue weighted by molar-refractivity contribution is 5.75. The Morgan fingerprint density at radius 2 is 2.10 bits per heavy atom. The first-order chi connectivity index (χ1) is 9.65. The van der Waals surface area contributed by atoms with Gasteiger partial charge in [0.2, 0.25) is 5.91 Å². The molecule has 0 saturated carbocycles. The van der Waals surface area contributed by atoms with Crippen LogP contribution in [0.25, 0.3) is 0 Å². The summed E-state index contributed by atoms with van der Waals surface area (Å²) < 4.78 is 1.99. The van der Waals surface area contributed by atoms with Crippen LogP contribution >= 0.6 is 0 Å². The molecular formula is C14H27N5O. The van der Waals surface area contributed by atoms with E-state index in [-0.39, 0.29) is 5.91 Å². The minimum atomic E-state index is 0.122. The second-order valence-electron chi connectivity index (χ2n) is 5.34. The fraction of sp³-hybridized carbons (Fsp3) is 0.786. The summed E-state index contributed by atoms with van der Waals surface area (Å²) in [7, 11) is 0. The molecule has 0 fully saturated rings. The van der Waals surface area contributed by atoms with E-state index in [1.807, 2.05) is 4.57 Å². The van der Waals surface area contributed by atoms with Gasteiger partial charge in [0, 0.05) is 25.4 Å². The first kappa shape index (κ1) is 16.6. The molecule has 1 amide bonds. The van der Waals surface area contributed by atoms with Crippen LogP contribution in [-0.2, 0) is 11.3 Å². The van der Waals surface area contributed by atoms with Crippen LogP contribution in [-0.4, -0.2) is 33.8 Å². The normalized spacial score (nSPS) is 11.0. The molecule has 20 heavy (non-hydrogen) atoms. The predicted molar refractivity (Wildman–Crippen MR) is 79.3 cm³/mol. The lowest BCUT2D eigenvalue weighted by Crippen LogP contribution is -2.27. The Balaban J connectivity index is 2.14. The zero-order chi connectivity index (χ0) is 14.8. The summed E-state index contributed by atoms with van der Waals surface area (Å²) in [6.07, 6.45) is 6.50. The number of carbonyl (C=O) groups is 1. The first-order valence-corrected chi connectivity index (χ1v) is 7.49. The Morgan fingerprint density at radius 3 is 2.80 bits per heavy atom. The fourth-order valence-electron chi connectivity index (χ4n) is 2.07. The van der Waals surface area contributed by atoms with Crippen LogP contribution in [0.5, 0.6) is 0 Å². The molecule has 0 aromatic carbocycles. The Kier molecular flexibility index (Phi) is 7.87. The van der Waals surface area contributed by atoms with Crippen LogP contribution in [0.3, 0.4) is 0 Å². The molecule has 0 unspecified atom stereocenters. The lowest BCUT2D eigenvalue weighted by molar-refractivity contribution is -0.121. The van der Waals surface area contributed by atoms with Crippen molar-refractivity contribution >= 4 is 5.91 Å². The molecule has 1 rings (SSSR count). The Labute approximate surface area is 121 Å². The van der Waals surface area contributed by atoms with E-state index in [0.717, 1.165) is 44.6 Å². The lowest BCUT2D eigenvalue weighted by atomic mass is 10.1.